The third-order valence-electron chi connectivity index (χ3n) is 2.37. The van der Waals surface area contributed by atoms with Crippen molar-refractivity contribution in [1.82, 2.24) is 5.32 Å². The summed E-state index contributed by atoms with van der Waals surface area (Å²) in [5.74, 6) is 0.583. The fourth-order valence-corrected chi connectivity index (χ4v) is 1.72. The molecule has 0 aromatic rings. The second-order valence-electron chi connectivity index (χ2n) is 3.31. The van der Waals surface area contributed by atoms with Gasteiger partial charge >= 0.3 is 0 Å². The molecule has 2 saturated heterocycles. The highest BCUT2D eigenvalue weighted by Gasteiger charge is 2.34. The molecule has 0 aliphatic carbocycles. The van der Waals surface area contributed by atoms with Crippen molar-refractivity contribution < 1.29 is 9.47 Å². The highest BCUT2D eigenvalue weighted by atomic mass is 16.9. The molecule has 0 amide bonds. The van der Waals surface area contributed by atoms with Crippen LogP contribution in [0.5, 0.6) is 0 Å². The summed E-state index contributed by atoms with van der Waals surface area (Å²) in [5, 5.41) is 3.34. The van der Waals surface area contributed by atoms with Gasteiger partial charge in [0.05, 0.1) is 0 Å². The predicted octanol–water partition coefficient (Wildman–Crippen LogP) is 0.705. The van der Waals surface area contributed by atoms with E-state index in [1.807, 2.05) is 6.92 Å². The topological polar surface area (TPSA) is 30.5 Å². The largest absolute Gasteiger partial charge is 0.324 e. The molecule has 0 spiro atoms. The normalized spacial score (nSPS) is 45.0. The third-order valence-corrected chi connectivity index (χ3v) is 2.37. The Morgan fingerprint density at radius 2 is 2.18 bits per heavy atom. The van der Waals surface area contributed by atoms with Gasteiger partial charge in [0.15, 0.2) is 12.6 Å². The minimum atomic E-state index is 0.0296. The summed E-state index contributed by atoms with van der Waals surface area (Å²) >= 11 is 0. The first kappa shape index (κ1) is 7.53. The number of ether oxygens (including phenoxy) is 2. The van der Waals surface area contributed by atoms with Crippen LogP contribution in [0.3, 0.4) is 0 Å². The minimum Gasteiger partial charge on any atom is -0.324 e. The summed E-state index contributed by atoms with van der Waals surface area (Å²) in [5.41, 5.74) is 0. The Labute approximate surface area is 67.1 Å². The van der Waals surface area contributed by atoms with Gasteiger partial charge < -0.3 is 14.8 Å². The van der Waals surface area contributed by atoms with Crippen molar-refractivity contribution >= 4 is 0 Å². The van der Waals surface area contributed by atoms with Gasteiger partial charge in [-0.3, -0.25) is 0 Å². The zero-order chi connectivity index (χ0) is 7.68. The first-order valence-electron chi connectivity index (χ1n) is 4.38. The Balaban J connectivity index is 1.76. The lowest BCUT2D eigenvalue weighted by molar-refractivity contribution is -0.392. The lowest BCUT2D eigenvalue weighted by Crippen LogP contribution is -2.48. The van der Waals surface area contributed by atoms with E-state index in [0.717, 1.165) is 13.1 Å². The van der Waals surface area contributed by atoms with E-state index in [0.29, 0.717) is 5.92 Å². The Bertz CT molecular complexity index is 128. The predicted molar refractivity (Wildman–Crippen MR) is 41.0 cm³/mol. The molecule has 1 atom stereocenters. The molecule has 0 aromatic heterocycles. The highest BCUT2D eigenvalue weighted by molar-refractivity contribution is 4.74. The zero-order valence-corrected chi connectivity index (χ0v) is 6.88. The first-order chi connectivity index (χ1) is 5.36. The van der Waals surface area contributed by atoms with Crippen molar-refractivity contribution in [1.29, 1.82) is 0 Å². The highest BCUT2D eigenvalue weighted by Crippen LogP contribution is 2.27. The molecule has 0 aromatic carbocycles. The molecule has 3 heteroatoms. The Morgan fingerprint density at radius 1 is 1.36 bits per heavy atom. The van der Waals surface area contributed by atoms with Gasteiger partial charge in [-0.05, 0) is 26.3 Å². The molecule has 1 N–H and O–H groups in total. The summed E-state index contributed by atoms with van der Waals surface area (Å²) < 4.78 is 10.8. The Morgan fingerprint density at radius 3 is 2.73 bits per heavy atom. The van der Waals surface area contributed by atoms with Crippen LogP contribution in [0.1, 0.15) is 19.8 Å². The second kappa shape index (κ2) is 3.09. The van der Waals surface area contributed by atoms with E-state index in [9.17, 15) is 0 Å². The smallest absolute Gasteiger partial charge is 0.167 e. The van der Waals surface area contributed by atoms with Crippen molar-refractivity contribution in [2.24, 2.45) is 5.92 Å². The van der Waals surface area contributed by atoms with Crippen molar-refractivity contribution in [2.75, 3.05) is 13.1 Å². The Kier molecular flexibility index (Phi) is 2.11. The van der Waals surface area contributed by atoms with E-state index >= 15 is 0 Å². The van der Waals surface area contributed by atoms with Crippen LogP contribution in [0.25, 0.3) is 0 Å². The van der Waals surface area contributed by atoms with Crippen molar-refractivity contribution in [3.63, 3.8) is 0 Å². The van der Waals surface area contributed by atoms with Crippen molar-refractivity contribution in [3.05, 3.63) is 0 Å². The molecule has 2 fully saturated rings. The number of hydrogen-bond donors (Lipinski definition) is 1. The quantitative estimate of drug-likeness (QED) is 0.608. The van der Waals surface area contributed by atoms with Gasteiger partial charge in [0, 0.05) is 12.5 Å². The maximum Gasteiger partial charge on any atom is 0.167 e. The van der Waals surface area contributed by atoms with Crippen molar-refractivity contribution in [2.45, 2.75) is 32.3 Å². The average Bonchev–Trinajstić information content (AvgIpc) is 2.01. The van der Waals surface area contributed by atoms with Gasteiger partial charge in [-0.2, -0.15) is 0 Å². The molecule has 2 aliphatic rings. The summed E-state index contributed by atoms with van der Waals surface area (Å²) in [6.07, 6.45) is 2.60. The summed E-state index contributed by atoms with van der Waals surface area (Å²) in [4.78, 5) is 0. The Hall–Kier alpha value is -0.120. The van der Waals surface area contributed by atoms with E-state index in [4.69, 9.17) is 9.47 Å². The van der Waals surface area contributed by atoms with E-state index in [1.165, 1.54) is 12.8 Å². The van der Waals surface area contributed by atoms with Gasteiger partial charge in [-0.15, -0.1) is 0 Å². The van der Waals surface area contributed by atoms with Gasteiger partial charge in [0.25, 0.3) is 0 Å². The van der Waals surface area contributed by atoms with Gasteiger partial charge in [-0.1, -0.05) is 0 Å². The zero-order valence-electron chi connectivity index (χ0n) is 6.88. The average molecular weight is 157 g/mol. The molecule has 11 heavy (non-hydrogen) atoms. The van der Waals surface area contributed by atoms with Crippen LogP contribution >= 0.6 is 0 Å². The van der Waals surface area contributed by atoms with Crippen LogP contribution in [-0.2, 0) is 9.47 Å². The van der Waals surface area contributed by atoms with E-state index in [2.05, 4.69) is 5.32 Å². The molecule has 0 bridgehead atoms. The first-order valence-corrected chi connectivity index (χ1v) is 4.38. The van der Waals surface area contributed by atoms with Crippen LogP contribution in [0.4, 0.5) is 0 Å². The summed E-state index contributed by atoms with van der Waals surface area (Å²) in [7, 11) is 0. The van der Waals surface area contributed by atoms with Gasteiger partial charge in [0.2, 0.25) is 0 Å². The maximum atomic E-state index is 5.42. The van der Waals surface area contributed by atoms with Crippen LogP contribution in [0.2, 0.25) is 0 Å². The standard InChI is InChI=1S/C8H15NO2/c1-6-10-8(11-6)7-3-2-4-9-5-7/h6-9H,2-5H2,1H3/t6?,7-,8?/m0/s1. The van der Waals surface area contributed by atoms with Gasteiger partial charge in [0.1, 0.15) is 0 Å². The molecule has 0 radical (unpaired) electrons. The van der Waals surface area contributed by atoms with Gasteiger partial charge in [-0.25, -0.2) is 0 Å². The van der Waals surface area contributed by atoms with E-state index in [-0.39, 0.29) is 12.6 Å². The number of piperidine rings is 1. The molecule has 0 saturated carbocycles. The van der Waals surface area contributed by atoms with Crippen LogP contribution < -0.4 is 5.32 Å². The molecular formula is C8H15NO2. The van der Waals surface area contributed by atoms with Crippen LogP contribution in [0, 0.1) is 5.92 Å². The molecular weight excluding hydrogens is 142 g/mol. The molecule has 64 valence electrons. The van der Waals surface area contributed by atoms with Crippen LogP contribution in [-0.4, -0.2) is 25.7 Å². The number of nitrogens with one attached hydrogen (secondary N) is 1. The van der Waals surface area contributed by atoms with Crippen LogP contribution in [0.15, 0.2) is 0 Å². The van der Waals surface area contributed by atoms with E-state index < -0.39 is 0 Å². The molecule has 2 heterocycles. The minimum absolute atomic E-state index is 0.0296. The summed E-state index contributed by atoms with van der Waals surface area (Å²) in [6.45, 7) is 4.14. The summed E-state index contributed by atoms with van der Waals surface area (Å²) in [6, 6.07) is 0. The molecule has 2 aliphatic heterocycles. The fraction of sp³-hybridized carbons (Fsp3) is 1.00. The SMILES string of the molecule is CC1OC([C@H]2CCCNC2)O1. The second-order valence-corrected chi connectivity index (χ2v) is 3.31. The monoisotopic (exact) mass is 157 g/mol. The lowest BCUT2D eigenvalue weighted by Gasteiger charge is -2.40. The fourth-order valence-electron chi connectivity index (χ4n) is 1.72. The van der Waals surface area contributed by atoms with E-state index in [1.54, 1.807) is 0 Å². The van der Waals surface area contributed by atoms with Crippen molar-refractivity contribution in [3.8, 4) is 0 Å². The lowest BCUT2D eigenvalue weighted by atomic mass is 9.98. The molecule has 0 unspecified atom stereocenters. The molecule has 2 rings (SSSR count). The number of rotatable bonds is 1. The molecule has 3 nitrogen and oxygen atoms in total. The maximum absolute atomic E-state index is 5.42. The number of hydrogen-bond acceptors (Lipinski definition) is 3. The third kappa shape index (κ3) is 1.55.